The SMILES string of the molecule is CCCCCC(=O)C(N)C1CCC(CCN2CC=C(c3cccc(C(F)(F)F)c3F)CC2)CC1. The number of unbranched alkanes of at least 4 members (excludes halogenated alkanes) is 2. The third-order valence-electron chi connectivity index (χ3n) is 7.59. The van der Waals surface area contributed by atoms with Crippen LogP contribution >= 0.6 is 0 Å². The number of nitrogens with two attached hydrogens (primary N) is 1. The summed E-state index contributed by atoms with van der Waals surface area (Å²) >= 11 is 0. The van der Waals surface area contributed by atoms with Crippen LogP contribution in [0.2, 0.25) is 0 Å². The molecule has 7 heteroatoms. The van der Waals surface area contributed by atoms with Gasteiger partial charge in [-0.05, 0) is 62.1 Å². The van der Waals surface area contributed by atoms with E-state index in [0.717, 1.165) is 64.0 Å². The Hall–Kier alpha value is -1.73. The van der Waals surface area contributed by atoms with E-state index in [1.54, 1.807) is 0 Å². The molecule has 1 fully saturated rings. The number of alkyl halides is 3. The fraction of sp³-hybridized carbons (Fsp3) is 0.667. The van der Waals surface area contributed by atoms with E-state index in [-0.39, 0.29) is 17.4 Å². The number of nitrogens with zero attached hydrogens (tertiary/aromatic N) is 1. The maximum Gasteiger partial charge on any atom is 0.419 e. The first-order valence-corrected chi connectivity index (χ1v) is 12.8. The molecule has 0 bridgehead atoms. The molecule has 1 heterocycles. The molecule has 3 rings (SSSR count). The molecule has 2 N–H and O–H groups in total. The van der Waals surface area contributed by atoms with E-state index in [4.69, 9.17) is 5.73 Å². The van der Waals surface area contributed by atoms with Crippen LogP contribution in [0.1, 0.15) is 82.3 Å². The van der Waals surface area contributed by atoms with Gasteiger partial charge in [0.15, 0.2) is 0 Å². The quantitative estimate of drug-likeness (QED) is 0.302. The standard InChI is InChI=1S/C27H38F4N2O/c1-2-3-4-8-24(34)26(32)21-11-9-19(10-12-21)13-16-33-17-14-20(15-18-33)22-6-5-7-23(25(22)28)27(29,30)31/h5-7,14,19,21,26H,2-4,8-13,15-18,32H2,1H3. The van der Waals surface area contributed by atoms with Crippen LogP contribution in [0.4, 0.5) is 17.6 Å². The zero-order valence-electron chi connectivity index (χ0n) is 20.2. The summed E-state index contributed by atoms with van der Waals surface area (Å²) in [5.41, 5.74) is 5.77. The summed E-state index contributed by atoms with van der Waals surface area (Å²) in [6, 6.07) is 3.18. The Morgan fingerprint density at radius 1 is 1.18 bits per heavy atom. The Kier molecular flexibility index (Phi) is 9.72. The molecule has 1 unspecified atom stereocenters. The lowest BCUT2D eigenvalue weighted by atomic mass is 9.76. The maximum atomic E-state index is 14.5. The van der Waals surface area contributed by atoms with Crippen LogP contribution in [0.25, 0.3) is 5.57 Å². The van der Waals surface area contributed by atoms with Crippen LogP contribution in [0.3, 0.4) is 0 Å². The molecule has 0 amide bonds. The number of hydrogen-bond donors (Lipinski definition) is 1. The van der Waals surface area contributed by atoms with Crippen molar-refractivity contribution in [2.24, 2.45) is 17.6 Å². The number of Topliss-reactive ketones (excluding diaryl/α,β-unsaturated/α-hetero) is 1. The maximum absolute atomic E-state index is 14.5. The average molecular weight is 483 g/mol. The van der Waals surface area contributed by atoms with E-state index in [0.29, 0.717) is 43.3 Å². The van der Waals surface area contributed by atoms with Crippen LogP contribution in [0.5, 0.6) is 0 Å². The number of rotatable bonds is 10. The van der Waals surface area contributed by atoms with E-state index in [1.807, 2.05) is 6.08 Å². The van der Waals surface area contributed by atoms with Crippen LogP contribution in [0, 0.1) is 17.7 Å². The lowest BCUT2D eigenvalue weighted by Gasteiger charge is -2.33. The predicted molar refractivity (Wildman–Crippen MR) is 128 cm³/mol. The third kappa shape index (κ3) is 7.14. The molecule has 3 nitrogen and oxygen atoms in total. The Morgan fingerprint density at radius 2 is 1.91 bits per heavy atom. The number of hydrogen-bond acceptors (Lipinski definition) is 3. The van der Waals surface area contributed by atoms with Gasteiger partial charge in [0.05, 0.1) is 11.6 Å². The van der Waals surface area contributed by atoms with Gasteiger partial charge in [0, 0.05) is 25.1 Å². The molecule has 0 aromatic heterocycles. The molecule has 2 aliphatic rings. The number of carbonyl (C=O) groups excluding carboxylic acids is 1. The molecular formula is C27H38F4N2O. The summed E-state index contributed by atoms with van der Waals surface area (Å²) in [7, 11) is 0. The minimum Gasteiger partial charge on any atom is -0.321 e. The second-order valence-electron chi connectivity index (χ2n) is 9.96. The summed E-state index contributed by atoms with van der Waals surface area (Å²) in [5.74, 6) is -0.0447. The Labute approximate surface area is 200 Å². The van der Waals surface area contributed by atoms with Gasteiger partial charge < -0.3 is 5.73 Å². The number of carbonyl (C=O) groups is 1. The Balaban J connectivity index is 1.43. The lowest BCUT2D eigenvalue weighted by molar-refractivity contribution is -0.140. The number of ketones is 1. The minimum atomic E-state index is -4.69. The topological polar surface area (TPSA) is 46.3 Å². The van der Waals surface area contributed by atoms with Gasteiger partial charge in [-0.1, -0.05) is 50.8 Å². The third-order valence-corrected chi connectivity index (χ3v) is 7.59. The molecule has 0 saturated heterocycles. The highest BCUT2D eigenvalue weighted by molar-refractivity contribution is 5.84. The van der Waals surface area contributed by atoms with Crippen LogP contribution in [-0.2, 0) is 11.0 Å². The largest absolute Gasteiger partial charge is 0.419 e. The van der Waals surface area contributed by atoms with Crippen molar-refractivity contribution in [2.75, 3.05) is 19.6 Å². The fourth-order valence-corrected chi connectivity index (χ4v) is 5.34. The van der Waals surface area contributed by atoms with Crippen LogP contribution < -0.4 is 5.73 Å². The molecule has 1 aromatic rings. The van der Waals surface area contributed by atoms with Crippen molar-refractivity contribution < 1.29 is 22.4 Å². The highest BCUT2D eigenvalue weighted by atomic mass is 19.4. The predicted octanol–water partition coefficient (Wildman–Crippen LogP) is 6.61. The van der Waals surface area contributed by atoms with Gasteiger partial charge in [0.2, 0.25) is 0 Å². The normalized spacial score (nSPS) is 22.9. The first kappa shape index (κ1) is 26.9. The summed E-state index contributed by atoms with van der Waals surface area (Å²) in [5, 5.41) is 0. The van der Waals surface area contributed by atoms with Gasteiger partial charge in [0.1, 0.15) is 11.6 Å². The van der Waals surface area contributed by atoms with E-state index in [2.05, 4.69) is 11.8 Å². The van der Waals surface area contributed by atoms with Crippen molar-refractivity contribution >= 4 is 11.4 Å². The fourth-order valence-electron chi connectivity index (χ4n) is 5.34. The summed E-state index contributed by atoms with van der Waals surface area (Å²) in [4.78, 5) is 14.6. The van der Waals surface area contributed by atoms with Crippen molar-refractivity contribution in [3.8, 4) is 0 Å². The molecule has 190 valence electrons. The highest BCUT2D eigenvalue weighted by Gasteiger charge is 2.35. The second-order valence-corrected chi connectivity index (χ2v) is 9.96. The second kappa shape index (κ2) is 12.3. The minimum absolute atomic E-state index is 0.0633. The van der Waals surface area contributed by atoms with Crippen molar-refractivity contribution in [1.82, 2.24) is 4.90 Å². The van der Waals surface area contributed by atoms with Crippen molar-refractivity contribution in [3.63, 3.8) is 0 Å². The van der Waals surface area contributed by atoms with Crippen LogP contribution in [-0.4, -0.2) is 36.4 Å². The van der Waals surface area contributed by atoms with Gasteiger partial charge >= 0.3 is 6.18 Å². The molecule has 1 aliphatic carbocycles. The summed E-state index contributed by atoms with van der Waals surface area (Å²) in [6.07, 6.45) is 6.68. The molecule has 1 saturated carbocycles. The Bertz CT molecular complexity index is 844. The van der Waals surface area contributed by atoms with Gasteiger partial charge in [-0.3, -0.25) is 9.69 Å². The zero-order valence-corrected chi connectivity index (χ0v) is 20.2. The summed E-state index contributed by atoms with van der Waals surface area (Å²) in [6.45, 7) is 4.39. The van der Waals surface area contributed by atoms with E-state index in [1.165, 1.54) is 12.1 Å². The molecule has 0 radical (unpaired) electrons. The molecular weight excluding hydrogens is 444 g/mol. The van der Waals surface area contributed by atoms with Gasteiger partial charge in [-0.2, -0.15) is 13.2 Å². The summed E-state index contributed by atoms with van der Waals surface area (Å²) < 4.78 is 53.5. The van der Waals surface area contributed by atoms with E-state index < -0.39 is 17.6 Å². The first-order chi connectivity index (χ1) is 16.2. The molecule has 1 aromatic carbocycles. The molecule has 0 spiro atoms. The van der Waals surface area contributed by atoms with Crippen LogP contribution in [0.15, 0.2) is 24.3 Å². The Morgan fingerprint density at radius 3 is 2.53 bits per heavy atom. The highest BCUT2D eigenvalue weighted by Crippen LogP contribution is 2.36. The number of benzene rings is 1. The zero-order chi connectivity index (χ0) is 24.7. The van der Waals surface area contributed by atoms with Crippen molar-refractivity contribution in [3.05, 3.63) is 41.2 Å². The monoisotopic (exact) mass is 482 g/mol. The van der Waals surface area contributed by atoms with E-state index in [9.17, 15) is 22.4 Å². The van der Waals surface area contributed by atoms with Gasteiger partial charge in [-0.25, -0.2) is 4.39 Å². The molecule has 1 aliphatic heterocycles. The number of halogens is 4. The van der Waals surface area contributed by atoms with Crippen molar-refractivity contribution in [2.45, 2.75) is 83.4 Å². The van der Waals surface area contributed by atoms with Gasteiger partial charge in [0.25, 0.3) is 0 Å². The smallest absolute Gasteiger partial charge is 0.321 e. The molecule has 1 atom stereocenters. The average Bonchev–Trinajstić information content (AvgIpc) is 2.82. The molecule has 34 heavy (non-hydrogen) atoms. The first-order valence-electron chi connectivity index (χ1n) is 12.8. The van der Waals surface area contributed by atoms with Crippen molar-refractivity contribution in [1.29, 1.82) is 0 Å². The van der Waals surface area contributed by atoms with Gasteiger partial charge in [-0.15, -0.1) is 0 Å². The van der Waals surface area contributed by atoms with E-state index >= 15 is 0 Å². The lowest BCUT2D eigenvalue weighted by Crippen LogP contribution is -2.40.